The summed E-state index contributed by atoms with van der Waals surface area (Å²) in [7, 11) is 1.84. The maximum Gasteiger partial charge on any atom is 0.242 e. The zero-order valence-corrected chi connectivity index (χ0v) is 12.7. The molecule has 1 aliphatic rings. The number of hydrogen-bond donors (Lipinski definition) is 1. The van der Waals surface area contributed by atoms with Gasteiger partial charge in [0, 0.05) is 26.3 Å². The molecule has 0 unspecified atom stereocenters. The zero-order valence-electron chi connectivity index (χ0n) is 11.9. The van der Waals surface area contributed by atoms with Gasteiger partial charge in [0.05, 0.1) is 12.1 Å². The Morgan fingerprint density at radius 1 is 1.50 bits per heavy atom. The van der Waals surface area contributed by atoms with Gasteiger partial charge < -0.3 is 15.5 Å². The Kier molecular flexibility index (Phi) is 4.54. The second-order valence-corrected chi connectivity index (χ2v) is 5.57. The number of nitrogens with two attached hydrogens (primary N) is 1. The first-order chi connectivity index (χ1) is 9.50. The van der Waals surface area contributed by atoms with E-state index < -0.39 is 0 Å². The maximum atomic E-state index is 12.2. The Morgan fingerprint density at radius 3 is 2.75 bits per heavy atom. The highest BCUT2D eigenvalue weighted by Crippen LogP contribution is 2.20. The minimum absolute atomic E-state index is 0.127. The minimum Gasteiger partial charge on any atom is -0.389 e. The van der Waals surface area contributed by atoms with Crippen LogP contribution < -0.4 is 10.6 Å². The molecule has 1 aromatic heterocycles. The second-order valence-electron chi connectivity index (χ2n) is 5.13. The first-order valence-electron chi connectivity index (χ1n) is 6.75. The van der Waals surface area contributed by atoms with E-state index in [-0.39, 0.29) is 5.91 Å². The number of hydrogen-bond acceptors (Lipinski definition) is 4. The quantitative estimate of drug-likeness (QED) is 0.842. The van der Waals surface area contributed by atoms with Crippen LogP contribution in [0.25, 0.3) is 0 Å². The largest absolute Gasteiger partial charge is 0.389 e. The van der Waals surface area contributed by atoms with Crippen LogP contribution in [0.4, 0.5) is 5.82 Å². The average Bonchev–Trinajstić information content (AvgIpc) is 2.91. The van der Waals surface area contributed by atoms with Gasteiger partial charge in [0.25, 0.3) is 0 Å². The van der Waals surface area contributed by atoms with Crippen molar-refractivity contribution in [3.63, 3.8) is 0 Å². The van der Waals surface area contributed by atoms with Crippen molar-refractivity contribution < 1.29 is 4.79 Å². The predicted molar refractivity (Wildman–Crippen MR) is 83.9 cm³/mol. The number of carbonyl (C=O) groups excluding carboxylic acids is 1. The summed E-state index contributed by atoms with van der Waals surface area (Å²) in [5.74, 6) is 0.798. The van der Waals surface area contributed by atoms with E-state index in [9.17, 15) is 4.79 Å². The van der Waals surface area contributed by atoms with E-state index in [1.54, 1.807) is 6.20 Å². The van der Waals surface area contributed by atoms with Crippen molar-refractivity contribution >= 4 is 28.9 Å². The molecule has 108 valence electrons. The van der Waals surface area contributed by atoms with Crippen LogP contribution in [0, 0.1) is 6.92 Å². The molecular weight excluding hydrogens is 272 g/mol. The third-order valence-electron chi connectivity index (χ3n) is 3.58. The second kappa shape index (κ2) is 6.17. The minimum atomic E-state index is 0.127. The van der Waals surface area contributed by atoms with E-state index in [1.165, 1.54) is 0 Å². The first-order valence-corrected chi connectivity index (χ1v) is 7.16. The summed E-state index contributed by atoms with van der Waals surface area (Å²) >= 11 is 5.09. The number of thiocarbonyl (C=S) groups is 1. The lowest BCUT2D eigenvalue weighted by molar-refractivity contribution is -0.128. The number of aryl methyl sites for hydroxylation is 1. The molecule has 1 aromatic rings. The molecule has 1 fully saturated rings. The van der Waals surface area contributed by atoms with Crippen molar-refractivity contribution in [3.8, 4) is 0 Å². The predicted octanol–water partition coefficient (Wildman–Crippen LogP) is 1.08. The maximum absolute atomic E-state index is 12.2. The smallest absolute Gasteiger partial charge is 0.242 e. The Labute approximate surface area is 124 Å². The zero-order chi connectivity index (χ0) is 14.7. The number of rotatable bonds is 4. The third-order valence-corrected chi connectivity index (χ3v) is 3.78. The van der Waals surface area contributed by atoms with Gasteiger partial charge in [-0.2, -0.15) is 0 Å². The lowest BCUT2D eigenvalue weighted by Gasteiger charge is -2.24. The van der Waals surface area contributed by atoms with E-state index in [1.807, 2.05) is 29.8 Å². The highest BCUT2D eigenvalue weighted by atomic mass is 32.1. The fraction of sp³-hybridized carbons (Fsp3) is 0.500. The van der Waals surface area contributed by atoms with Crippen LogP contribution in [-0.2, 0) is 4.79 Å². The molecule has 1 amide bonds. The lowest BCUT2D eigenvalue weighted by Crippen LogP contribution is -2.38. The summed E-state index contributed by atoms with van der Waals surface area (Å²) in [4.78, 5) is 20.5. The van der Waals surface area contributed by atoms with E-state index in [4.69, 9.17) is 18.0 Å². The number of pyridine rings is 1. The van der Waals surface area contributed by atoms with Crippen molar-refractivity contribution in [2.75, 3.05) is 31.6 Å². The molecule has 5 nitrogen and oxygen atoms in total. The van der Waals surface area contributed by atoms with Crippen LogP contribution in [0.1, 0.15) is 24.0 Å². The van der Waals surface area contributed by atoms with Gasteiger partial charge >= 0.3 is 0 Å². The Bertz CT molecular complexity index is 526. The first kappa shape index (κ1) is 14.7. The van der Waals surface area contributed by atoms with Crippen LogP contribution in [0.2, 0.25) is 0 Å². The van der Waals surface area contributed by atoms with Gasteiger partial charge in [0.2, 0.25) is 5.91 Å². The van der Waals surface area contributed by atoms with Crippen molar-refractivity contribution in [1.82, 2.24) is 9.88 Å². The van der Waals surface area contributed by atoms with E-state index in [0.717, 1.165) is 37.1 Å². The average molecular weight is 292 g/mol. The molecule has 0 saturated carbocycles. The van der Waals surface area contributed by atoms with Crippen molar-refractivity contribution in [2.45, 2.75) is 19.8 Å². The van der Waals surface area contributed by atoms with Crippen molar-refractivity contribution in [3.05, 3.63) is 23.4 Å². The van der Waals surface area contributed by atoms with E-state index in [0.29, 0.717) is 17.4 Å². The molecule has 0 radical (unpaired) electrons. The molecule has 20 heavy (non-hydrogen) atoms. The van der Waals surface area contributed by atoms with Crippen molar-refractivity contribution in [2.24, 2.45) is 5.73 Å². The summed E-state index contributed by atoms with van der Waals surface area (Å²) in [6.45, 7) is 3.95. The number of aromatic nitrogens is 1. The standard InChI is InChI=1S/C14H20N4OS/c1-10-5-6-16-14(12(10)13(15)20)17(2)9-11(19)18-7-3-4-8-18/h5-6H,3-4,7-9H2,1-2H3,(H2,15,20). The highest BCUT2D eigenvalue weighted by Gasteiger charge is 2.21. The van der Waals surface area contributed by atoms with E-state index >= 15 is 0 Å². The van der Waals surface area contributed by atoms with Crippen LogP contribution >= 0.6 is 12.2 Å². The highest BCUT2D eigenvalue weighted by molar-refractivity contribution is 7.80. The van der Waals surface area contributed by atoms with Gasteiger partial charge in [-0.15, -0.1) is 0 Å². The topological polar surface area (TPSA) is 62.5 Å². The van der Waals surface area contributed by atoms with Crippen LogP contribution in [0.5, 0.6) is 0 Å². The van der Waals surface area contributed by atoms with Crippen molar-refractivity contribution in [1.29, 1.82) is 0 Å². The SMILES string of the molecule is Cc1ccnc(N(C)CC(=O)N2CCCC2)c1C(N)=S. The summed E-state index contributed by atoms with van der Waals surface area (Å²) in [6, 6.07) is 1.87. The summed E-state index contributed by atoms with van der Waals surface area (Å²) in [6.07, 6.45) is 3.90. The van der Waals surface area contributed by atoms with Gasteiger partial charge in [-0.05, 0) is 31.4 Å². The number of likely N-dealkylation sites (tertiary alicyclic amines) is 1. The fourth-order valence-corrected chi connectivity index (χ4v) is 2.73. The molecular formula is C14H20N4OS. The molecule has 2 heterocycles. The van der Waals surface area contributed by atoms with Gasteiger partial charge in [-0.3, -0.25) is 4.79 Å². The number of nitrogens with zero attached hydrogens (tertiary/aromatic N) is 3. The summed E-state index contributed by atoms with van der Waals surface area (Å²) in [5.41, 5.74) is 7.50. The number of anilines is 1. The number of likely N-dealkylation sites (N-methyl/N-ethyl adjacent to an activating group) is 1. The number of carbonyl (C=O) groups is 1. The third kappa shape index (κ3) is 3.07. The van der Waals surface area contributed by atoms with Gasteiger partial charge in [-0.1, -0.05) is 12.2 Å². The monoisotopic (exact) mass is 292 g/mol. The van der Waals surface area contributed by atoms with Gasteiger partial charge in [0.1, 0.15) is 10.8 Å². The molecule has 6 heteroatoms. The Balaban J connectivity index is 2.16. The molecule has 0 spiro atoms. The molecule has 0 bridgehead atoms. The molecule has 0 atom stereocenters. The fourth-order valence-electron chi connectivity index (χ4n) is 2.48. The summed E-state index contributed by atoms with van der Waals surface area (Å²) < 4.78 is 0. The number of amides is 1. The van der Waals surface area contributed by atoms with Crippen LogP contribution in [-0.4, -0.2) is 47.5 Å². The molecule has 0 aliphatic carbocycles. The van der Waals surface area contributed by atoms with Gasteiger partial charge in [0.15, 0.2) is 0 Å². The normalized spacial score (nSPS) is 14.4. The molecule has 1 aliphatic heterocycles. The molecule has 2 N–H and O–H groups in total. The lowest BCUT2D eigenvalue weighted by atomic mass is 10.1. The van der Waals surface area contributed by atoms with Gasteiger partial charge in [-0.25, -0.2) is 4.98 Å². The summed E-state index contributed by atoms with van der Waals surface area (Å²) in [5, 5.41) is 0. The van der Waals surface area contributed by atoms with E-state index in [2.05, 4.69) is 4.98 Å². The Morgan fingerprint density at radius 2 is 2.15 bits per heavy atom. The molecule has 0 aromatic carbocycles. The Hall–Kier alpha value is -1.69. The van der Waals surface area contributed by atoms with Crippen LogP contribution in [0.15, 0.2) is 12.3 Å². The van der Waals surface area contributed by atoms with Crippen LogP contribution in [0.3, 0.4) is 0 Å². The molecule has 2 rings (SSSR count). The molecule has 1 saturated heterocycles.